The van der Waals surface area contributed by atoms with Crippen molar-refractivity contribution in [3.8, 4) is 0 Å². The van der Waals surface area contributed by atoms with Gasteiger partial charge in [-0.1, -0.05) is 13.0 Å². The van der Waals surface area contributed by atoms with Gasteiger partial charge in [-0.3, -0.25) is 0 Å². The predicted octanol–water partition coefficient (Wildman–Crippen LogP) is 2.77. The van der Waals surface area contributed by atoms with E-state index in [9.17, 15) is 8.78 Å². The highest BCUT2D eigenvalue weighted by Gasteiger charge is 2.05. The van der Waals surface area contributed by atoms with Gasteiger partial charge in [0.15, 0.2) is 0 Å². The lowest BCUT2D eigenvalue weighted by atomic mass is 10.2. The minimum atomic E-state index is -0.555. The van der Waals surface area contributed by atoms with Gasteiger partial charge in [0.2, 0.25) is 0 Å². The molecule has 0 aliphatic carbocycles. The van der Waals surface area contributed by atoms with Crippen LogP contribution in [-0.4, -0.2) is 9.55 Å². The fourth-order valence-electron chi connectivity index (χ4n) is 1.52. The molecule has 0 spiro atoms. The standard InChI is InChI=1S/C12H12F2N2/c1-2-11-7-16(8-15-11)6-9-3-4-10(13)5-12(9)14/h3-5,7-8H,2,6H2,1H3. The highest BCUT2D eigenvalue weighted by Crippen LogP contribution is 2.11. The Morgan fingerprint density at radius 3 is 2.75 bits per heavy atom. The maximum atomic E-state index is 13.4. The van der Waals surface area contributed by atoms with E-state index in [4.69, 9.17) is 0 Å². The van der Waals surface area contributed by atoms with Crippen molar-refractivity contribution < 1.29 is 8.78 Å². The Bertz CT molecular complexity index is 492. The summed E-state index contributed by atoms with van der Waals surface area (Å²) in [5.41, 5.74) is 1.42. The van der Waals surface area contributed by atoms with E-state index in [0.29, 0.717) is 12.1 Å². The average molecular weight is 222 g/mol. The lowest BCUT2D eigenvalue weighted by Crippen LogP contribution is -1.99. The molecule has 0 saturated heterocycles. The van der Waals surface area contributed by atoms with Crippen LogP contribution in [0.5, 0.6) is 0 Å². The molecular formula is C12H12F2N2. The molecule has 16 heavy (non-hydrogen) atoms. The molecule has 0 fully saturated rings. The second kappa shape index (κ2) is 4.43. The fraction of sp³-hybridized carbons (Fsp3) is 0.250. The van der Waals surface area contributed by atoms with Gasteiger partial charge in [-0.2, -0.15) is 0 Å². The summed E-state index contributed by atoms with van der Waals surface area (Å²) >= 11 is 0. The average Bonchev–Trinajstić information content (AvgIpc) is 2.70. The predicted molar refractivity (Wildman–Crippen MR) is 57.1 cm³/mol. The van der Waals surface area contributed by atoms with Gasteiger partial charge in [0.05, 0.1) is 18.6 Å². The minimum absolute atomic E-state index is 0.374. The number of nitrogens with zero attached hydrogens (tertiary/aromatic N) is 2. The number of rotatable bonds is 3. The molecule has 1 heterocycles. The first kappa shape index (κ1) is 10.8. The lowest BCUT2D eigenvalue weighted by Gasteiger charge is -2.03. The summed E-state index contributed by atoms with van der Waals surface area (Å²) < 4.78 is 27.8. The summed E-state index contributed by atoms with van der Waals surface area (Å²) in [7, 11) is 0. The first-order valence-corrected chi connectivity index (χ1v) is 5.13. The Hall–Kier alpha value is -1.71. The van der Waals surface area contributed by atoms with Crippen LogP contribution in [0.1, 0.15) is 18.2 Å². The van der Waals surface area contributed by atoms with Crippen molar-refractivity contribution in [2.45, 2.75) is 19.9 Å². The van der Waals surface area contributed by atoms with Crippen molar-refractivity contribution in [3.05, 3.63) is 53.6 Å². The molecule has 0 aliphatic heterocycles. The van der Waals surface area contributed by atoms with E-state index in [1.165, 1.54) is 12.1 Å². The third kappa shape index (κ3) is 2.27. The molecule has 2 rings (SSSR count). The molecule has 1 aromatic carbocycles. The number of hydrogen-bond acceptors (Lipinski definition) is 1. The first-order chi connectivity index (χ1) is 7.69. The molecule has 0 amide bonds. The van der Waals surface area contributed by atoms with E-state index in [1.54, 1.807) is 10.9 Å². The number of imidazole rings is 1. The van der Waals surface area contributed by atoms with Crippen molar-refractivity contribution >= 4 is 0 Å². The second-order valence-electron chi connectivity index (χ2n) is 3.63. The van der Waals surface area contributed by atoms with Crippen LogP contribution >= 0.6 is 0 Å². The van der Waals surface area contributed by atoms with Gasteiger partial charge < -0.3 is 4.57 Å². The van der Waals surface area contributed by atoms with E-state index in [-0.39, 0.29) is 0 Å². The normalized spacial score (nSPS) is 10.7. The number of aromatic nitrogens is 2. The molecule has 0 saturated carbocycles. The number of halogens is 2. The summed E-state index contributed by atoms with van der Waals surface area (Å²) in [6.45, 7) is 2.38. The highest BCUT2D eigenvalue weighted by molar-refractivity contribution is 5.19. The molecular weight excluding hydrogens is 210 g/mol. The van der Waals surface area contributed by atoms with E-state index in [1.807, 2.05) is 13.1 Å². The molecule has 2 nitrogen and oxygen atoms in total. The van der Waals surface area contributed by atoms with E-state index >= 15 is 0 Å². The molecule has 4 heteroatoms. The van der Waals surface area contributed by atoms with Crippen LogP contribution < -0.4 is 0 Å². The van der Waals surface area contributed by atoms with Crippen LogP contribution in [0.2, 0.25) is 0 Å². The number of aryl methyl sites for hydroxylation is 1. The van der Waals surface area contributed by atoms with E-state index in [2.05, 4.69) is 4.98 Å². The third-order valence-corrected chi connectivity index (χ3v) is 2.42. The lowest BCUT2D eigenvalue weighted by molar-refractivity contribution is 0.566. The zero-order valence-corrected chi connectivity index (χ0v) is 8.95. The maximum Gasteiger partial charge on any atom is 0.131 e. The van der Waals surface area contributed by atoms with Gasteiger partial charge in [-0.25, -0.2) is 13.8 Å². The Labute approximate surface area is 92.6 Å². The quantitative estimate of drug-likeness (QED) is 0.780. The molecule has 0 unspecified atom stereocenters. The molecule has 0 atom stereocenters. The molecule has 0 bridgehead atoms. The van der Waals surface area contributed by atoms with Crippen LogP contribution in [0.4, 0.5) is 8.78 Å². The topological polar surface area (TPSA) is 17.8 Å². The molecule has 0 aliphatic rings. The van der Waals surface area contributed by atoms with Crippen LogP contribution in [0.25, 0.3) is 0 Å². The molecule has 84 valence electrons. The van der Waals surface area contributed by atoms with Crippen molar-refractivity contribution in [1.82, 2.24) is 9.55 Å². The van der Waals surface area contributed by atoms with Gasteiger partial charge in [-0.05, 0) is 12.5 Å². The van der Waals surface area contributed by atoms with E-state index in [0.717, 1.165) is 18.2 Å². The largest absolute Gasteiger partial charge is 0.333 e. The highest BCUT2D eigenvalue weighted by atomic mass is 19.1. The van der Waals surface area contributed by atoms with Gasteiger partial charge in [0.1, 0.15) is 11.6 Å². The smallest absolute Gasteiger partial charge is 0.131 e. The zero-order chi connectivity index (χ0) is 11.5. The van der Waals surface area contributed by atoms with Crippen molar-refractivity contribution in [1.29, 1.82) is 0 Å². The fourth-order valence-corrected chi connectivity index (χ4v) is 1.52. The van der Waals surface area contributed by atoms with Crippen molar-refractivity contribution in [3.63, 3.8) is 0 Å². The number of benzene rings is 1. The monoisotopic (exact) mass is 222 g/mol. The Balaban J connectivity index is 2.20. The zero-order valence-electron chi connectivity index (χ0n) is 8.95. The summed E-state index contributed by atoms with van der Waals surface area (Å²) in [4.78, 5) is 4.14. The SMILES string of the molecule is CCc1cn(Cc2ccc(F)cc2F)cn1. The maximum absolute atomic E-state index is 13.4. The Morgan fingerprint density at radius 1 is 1.31 bits per heavy atom. The summed E-state index contributed by atoms with van der Waals surface area (Å²) in [5, 5.41) is 0. The van der Waals surface area contributed by atoms with Crippen molar-refractivity contribution in [2.75, 3.05) is 0 Å². The third-order valence-electron chi connectivity index (χ3n) is 2.42. The van der Waals surface area contributed by atoms with Gasteiger partial charge in [0, 0.05) is 17.8 Å². The van der Waals surface area contributed by atoms with Crippen molar-refractivity contribution in [2.24, 2.45) is 0 Å². The second-order valence-corrected chi connectivity index (χ2v) is 3.63. The minimum Gasteiger partial charge on any atom is -0.333 e. The van der Waals surface area contributed by atoms with Crippen LogP contribution in [0.3, 0.4) is 0 Å². The summed E-state index contributed by atoms with van der Waals surface area (Å²) in [6.07, 6.45) is 4.36. The van der Waals surface area contributed by atoms with E-state index < -0.39 is 11.6 Å². The molecule has 1 aromatic heterocycles. The van der Waals surface area contributed by atoms with Gasteiger partial charge >= 0.3 is 0 Å². The number of hydrogen-bond donors (Lipinski definition) is 0. The summed E-state index contributed by atoms with van der Waals surface area (Å²) in [6, 6.07) is 3.61. The van der Waals surface area contributed by atoms with Crippen LogP contribution in [0, 0.1) is 11.6 Å². The van der Waals surface area contributed by atoms with Gasteiger partial charge in [0.25, 0.3) is 0 Å². The molecule has 0 radical (unpaired) electrons. The Kier molecular flexibility index (Phi) is 2.99. The summed E-state index contributed by atoms with van der Waals surface area (Å²) in [5.74, 6) is -1.08. The molecule has 0 N–H and O–H groups in total. The van der Waals surface area contributed by atoms with Crippen LogP contribution in [-0.2, 0) is 13.0 Å². The van der Waals surface area contributed by atoms with Crippen LogP contribution in [0.15, 0.2) is 30.7 Å². The Morgan fingerprint density at radius 2 is 2.12 bits per heavy atom. The molecule has 2 aromatic rings. The first-order valence-electron chi connectivity index (χ1n) is 5.13. The van der Waals surface area contributed by atoms with Gasteiger partial charge in [-0.15, -0.1) is 0 Å².